The number of amidine groups is 1. The van der Waals surface area contributed by atoms with E-state index in [1.54, 1.807) is 77.3 Å². The number of anilines is 3. The molecule has 0 aliphatic carbocycles. The van der Waals surface area contributed by atoms with E-state index in [0.29, 0.717) is 39.9 Å². The van der Waals surface area contributed by atoms with Gasteiger partial charge in [0.05, 0.1) is 22.9 Å². The molecule has 13 nitrogen and oxygen atoms in total. The number of halogens is 1. The number of nitrogens with two attached hydrogens (primary N) is 1. The van der Waals surface area contributed by atoms with Crippen molar-refractivity contribution in [1.82, 2.24) is 19.0 Å². The van der Waals surface area contributed by atoms with Crippen LogP contribution in [0.5, 0.6) is 0 Å². The van der Waals surface area contributed by atoms with Crippen molar-refractivity contribution in [2.75, 3.05) is 34.1 Å². The molecule has 0 bridgehead atoms. The van der Waals surface area contributed by atoms with E-state index in [1.165, 1.54) is 12.1 Å². The topological polar surface area (TPSA) is 181 Å². The standard InChI is InChI=1S/C31H36ClN9O4S/c1-18-11-19(5-6-26(18)46-10-8-32)28(42)36-20-13-24(40(3)15-20)30(44)38-22-14-25(41(4)17-22)31(45)37-21-12-23(39(2)16-21)29(43)35-9-7-27(33)34/h5-6,11-17H,7-10H2,1-4H3,(H3,33,34)(H,35,43)(H,36,42)(H,37,45)(H,38,44). The monoisotopic (exact) mass is 665 g/mol. The molecule has 7 N–H and O–H groups in total. The smallest absolute Gasteiger partial charge is 0.272 e. The lowest BCUT2D eigenvalue weighted by molar-refractivity contribution is 0.0944. The second-order valence-corrected chi connectivity index (χ2v) is 12.1. The van der Waals surface area contributed by atoms with Gasteiger partial charge in [-0.25, -0.2) is 0 Å². The van der Waals surface area contributed by atoms with Crippen LogP contribution in [0.1, 0.15) is 53.8 Å². The largest absolute Gasteiger partial charge is 0.388 e. The van der Waals surface area contributed by atoms with Gasteiger partial charge in [-0.05, 0) is 48.9 Å². The van der Waals surface area contributed by atoms with Gasteiger partial charge in [-0.15, -0.1) is 23.4 Å². The van der Waals surface area contributed by atoms with Crippen LogP contribution >= 0.6 is 23.4 Å². The fraction of sp³-hybridized carbons (Fsp3) is 0.258. The molecule has 3 heterocycles. The molecule has 3 aromatic heterocycles. The summed E-state index contributed by atoms with van der Waals surface area (Å²) in [5.74, 6) is -0.239. The van der Waals surface area contributed by atoms with Crippen LogP contribution in [-0.4, -0.2) is 61.3 Å². The molecule has 0 aliphatic heterocycles. The van der Waals surface area contributed by atoms with Crippen molar-refractivity contribution < 1.29 is 19.2 Å². The first-order valence-corrected chi connectivity index (χ1v) is 15.7. The summed E-state index contributed by atoms with van der Waals surface area (Å²) in [5.41, 5.74) is 8.95. The maximum Gasteiger partial charge on any atom is 0.272 e. The number of amides is 4. The fourth-order valence-corrected chi connectivity index (χ4v) is 5.65. The SMILES string of the molecule is Cc1cc(C(=O)Nc2cc(C(=O)Nc3cc(C(=O)Nc4cc(C(=O)NCCC(=N)N)n(C)c4)n(C)c3)n(C)c2)ccc1SCCCl. The molecule has 0 unspecified atom stereocenters. The summed E-state index contributed by atoms with van der Waals surface area (Å²) >= 11 is 7.42. The molecular weight excluding hydrogens is 630 g/mol. The van der Waals surface area contributed by atoms with Crippen LogP contribution in [0.15, 0.2) is 59.9 Å². The molecule has 0 aliphatic rings. The maximum absolute atomic E-state index is 13.1. The molecule has 4 aromatic rings. The minimum atomic E-state index is -0.443. The van der Waals surface area contributed by atoms with Crippen molar-refractivity contribution in [2.24, 2.45) is 26.9 Å². The zero-order valence-electron chi connectivity index (χ0n) is 25.9. The summed E-state index contributed by atoms with van der Waals surface area (Å²) in [6, 6.07) is 10.1. The summed E-state index contributed by atoms with van der Waals surface area (Å²) in [6.07, 6.45) is 5.09. The Morgan fingerprint density at radius 1 is 0.783 bits per heavy atom. The Labute approximate surface area is 275 Å². The predicted octanol–water partition coefficient (Wildman–Crippen LogP) is 4.15. The highest BCUT2D eigenvalue weighted by atomic mass is 35.5. The van der Waals surface area contributed by atoms with Gasteiger partial charge in [0, 0.05) is 74.8 Å². The van der Waals surface area contributed by atoms with E-state index >= 15 is 0 Å². The van der Waals surface area contributed by atoms with Gasteiger partial charge < -0.3 is 40.7 Å². The number of benzene rings is 1. The van der Waals surface area contributed by atoms with Gasteiger partial charge in [0.25, 0.3) is 23.6 Å². The molecule has 0 spiro atoms. The van der Waals surface area contributed by atoms with E-state index < -0.39 is 11.8 Å². The van der Waals surface area contributed by atoms with Crippen LogP contribution in [0.4, 0.5) is 17.1 Å². The van der Waals surface area contributed by atoms with Gasteiger partial charge >= 0.3 is 0 Å². The van der Waals surface area contributed by atoms with Crippen molar-refractivity contribution in [3.63, 3.8) is 0 Å². The first kappa shape index (κ1) is 33.9. The lowest BCUT2D eigenvalue weighted by Gasteiger charge is -2.08. The highest BCUT2D eigenvalue weighted by molar-refractivity contribution is 7.99. The Morgan fingerprint density at radius 2 is 1.26 bits per heavy atom. The number of hydrogen-bond acceptors (Lipinski definition) is 6. The summed E-state index contributed by atoms with van der Waals surface area (Å²) < 4.78 is 4.75. The Morgan fingerprint density at radius 3 is 1.72 bits per heavy atom. The second-order valence-electron chi connectivity index (χ2n) is 10.6. The number of aryl methyl sites for hydroxylation is 4. The molecule has 46 heavy (non-hydrogen) atoms. The van der Waals surface area contributed by atoms with Gasteiger partial charge in [-0.1, -0.05) is 0 Å². The minimum Gasteiger partial charge on any atom is -0.388 e. The van der Waals surface area contributed by atoms with E-state index in [2.05, 4.69) is 21.3 Å². The first-order chi connectivity index (χ1) is 21.9. The number of alkyl halides is 1. The number of rotatable bonds is 13. The van der Waals surface area contributed by atoms with Crippen LogP contribution in [0, 0.1) is 12.3 Å². The third-order valence-electron chi connectivity index (χ3n) is 6.94. The zero-order chi connectivity index (χ0) is 33.5. The fourth-order valence-electron chi connectivity index (χ4n) is 4.67. The van der Waals surface area contributed by atoms with Crippen LogP contribution < -0.4 is 27.0 Å². The summed E-state index contributed by atoms with van der Waals surface area (Å²) in [4.78, 5) is 52.6. The van der Waals surface area contributed by atoms with Crippen molar-refractivity contribution in [2.45, 2.75) is 18.2 Å². The van der Waals surface area contributed by atoms with Crippen molar-refractivity contribution in [1.29, 1.82) is 5.41 Å². The predicted molar refractivity (Wildman–Crippen MR) is 182 cm³/mol. The van der Waals surface area contributed by atoms with Crippen molar-refractivity contribution >= 4 is 69.9 Å². The Balaban J connectivity index is 1.38. The Hall–Kier alpha value is -4.95. The van der Waals surface area contributed by atoms with Crippen LogP contribution in [-0.2, 0) is 21.1 Å². The molecule has 15 heteroatoms. The van der Waals surface area contributed by atoms with Crippen LogP contribution in [0.25, 0.3) is 0 Å². The molecular formula is C31H36ClN9O4S. The lowest BCUT2D eigenvalue weighted by Crippen LogP contribution is -2.28. The minimum absolute atomic E-state index is 0.0264. The molecule has 1 aromatic carbocycles. The number of nitrogens with zero attached hydrogens (tertiary/aromatic N) is 3. The van der Waals surface area contributed by atoms with Gasteiger partial charge in [-0.2, -0.15) is 0 Å². The lowest BCUT2D eigenvalue weighted by atomic mass is 10.1. The van der Waals surface area contributed by atoms with Crippen LogP contribution in [0.3, 0.4) is 0 Å². The van der Waals surface area contributed by atoms with Gasteiger partial charge in [0.15, 0.2) is 0 Å². The maximum atomic E-state index is 13.1. The first-order valence-electron chi connectivity index (χ1n) is 14.2. The number of carbonyl (C=O) groups excluding carboxylic acids is 4. The number of hydrogen-bond donors (Lipinski definition) is 6. The molecule has 0 atom stereocenters. The second kappa shape index (κ2) is 14.9. The number of aromatic nitrogens is 3. The third kappa shape index (κ3) is 8.40. The van der Waals surface area contributed by atoms with E-state index in [-0.39, 0.29) is 36.3 Å². The van der Waals surface area contributed by atoms with E-state index in [1.807, 2.05) is 19.1 Å². The van der Waals surface area contributed by atoms with E-state index in [0.717, 1.165) is 16.2 Å². The number of thioether (sulfide) groups is 1. The molecule has 0 fully saturated rings. The average molecular weight is 666 g/mol. The molecule has 0 radical (unpaired) electrons. The highest BCUT2D eigenvalue weighted by Crippen LogP contribution is 2.24. The molecule has 4 amide bonds. The van der Waals surface area contributed by atoms with E-state index in [4.69, 9.17) is 22.7 Å². The quantitative estimate of drug-likeness (QED) is 0.0540. The number of carbonyl (C=O) groups is 4. The summed E-state index contributed by atoms with van der Waals surface area (Å²) in [5, 5.41) is 18.4. The van der Waals surface area contributed by atoms with Gasteiger partial charge in [0.2, 0.25) is 0 Å². The van der Waals surface area contributed by atoms with Crippen molar-refractivity contribution in [3.8, 4) is 0 Å². The molecule has 4 rings (SSSR count). The summed E-state index contributed by atoms with van der Waals surface area (Å²) in [6.45, 7) is 2.16. The Kier molecular flexibility index (Phi) is 11.0. The van der Waals surface area contributed by atoms with Crippen molar-refractivity contribution in [3.05, 3.63) is 83.2 Å². The normalized spacial score (nSPS) is 10.8. The van der Waals surface area contributed by atoms with Crippen LogP contribution in [0.2, 0.25) is 0 Å². The molecule has 242 valence electrons. The molecule has 0 saturated heterocycles. The molecule has 0 saturated carbocycles. The summed E-state index contributed by atoms with van der Waals surface area (Å²) in [7, 11) is 5.04. The highest BCUT2D eigenvalue weighted by Gasteiger charge is 2.19. The Bertz CT molecular complexity index is 1810. The van der Waals surface area contributed by atoms with Gasteiger partial charge in [0.1, 0.15) is 17.1 Å². The van der Waals surface area contributed by atoms with Gasteiger partial charge in [-0.3, -0.25) is 24.6 Å². The van der Waals surface area contributed by atoms with E-state index in [9.17, 15) is 19.2 Å². The zero-order valence-corrected chi connectivity index (χ0v) is 27.4. The third-order valence-corrected chi connectivity index (χ3v) is 8.53. The average Bonchev–Trinajstić information content (AvgIpc) is 3.67. The number of nitrogens with one attached hydrogen (secondary N) is 5.